The normalized spacial score (nSPS) is 13.5. The van der Waals surface area contributed by atoms with E-state index >= 15 is 0 Å². The van der Waals surface area contributed by atoms with E-state index in [1.807, 2.05) is 56.3 Å². The molecule has 5 nitrogen and oxygen atoms in total. The largest absolute Gasteiger partial charge is 0.384 e. The van der Waals surface area contributed by atoms with Crippen LogP contribution in [0.1, 0.15) is 16.8 Å². The monoisotopic (exact) mass is 353 g/mol. The van der Waals surface area contributed by atoms with Crippen molar-refractivity contribution < 1.29 is 8.42 Å². The van der Waals surface area contributed by atoms with Gasteiger partial charge < -0.3 is 5.32 Å². The third-order valence-electron chi connectivity index (χ3n) is 4.60. The fourth-order valence-electron chi connectivity index (χ4n) is 3.47. The van der Waals surface area contributed by atoms with Crippen molar-refractivity contribution in [3.05, 3.63) is 65.6 Å². The highest BCUT2D eigenvalue weighted by molar-refractivity contribution is 7.90. The molecule has 1 aliphatic rings. The molecule has 6 heteroatoms. The van der Waals surface area contributed by atoms with Crippen molar-refractivity contribution in [2.75, 3.05) is 11.9 Å². The molecule has 2 heterocycles. The maximum atomic E-state index is 13.4. The van der Waals surface area contributed by atoms with Gasteiger partial charge in [0.15, 0.2) is 0 Å². The third kappa shape index (κ3) is 2.44. The van der Waals surface area contributed by atoms with Gasteiger partial charge in [-0.15, -0.1) is 0 Å². The minimum Gasteiger partial charge on any atom is -0.384 e. The zero-order valence-electron chi connectivity index (χ0n) is 14.2. The number of aryl methyl sites for hydroxylation is 2. The van der Waals surface area contributed by atoms with Crippen molar-refractivity contribution in [1.82, 2.24) is 8.96 Å². The zero-order valence-corrected chi connectivity index (χ0v) is 15.0. The van der Waals surface area contributed by atoms with E-state index in [0.29, 0.717) is 17.0 Å². The molecule has 2 aromatic carbocycles. The average Bonchev–Trinajstić information content (AvgIpc) is 2.91. The number of fused-ring (bicyclic) bond motifs is 3. The van der Waals surface area contributed by atoms with Crippen LogP contribution in [0.2, 0.25) is 0 Å². The lowest BCUT2D eigenvalue weighted by atomic mass is 10.1. The summed E-state index contributed by atoms with van der Waals surface area (Å²) in [5, 5.41) is 3.35. The number of nitrogens with one attached hydrogen (secondary N) is 1. The van der Waals surface area contributed by atoms with Crippen LogP contribution in [0, 0.1) is 13.8 Å². The van der Waals surface area contributed by atoms with Gasteiger partial charge in [-0.3, -0.25) is 0 Å². The second kappa shape index (κ2) is 5.74. The van der Waals surface area contributed by atoms with Gasteiger partial charge in [0.1, 0.15) is 6.33 Å². The second-order valence-corrected chi connectivity index (χ2v) is 8.04. The quantitative estimate of drug-likeness (QED) is 0.767. The smallest absolute Gasteiger partial charge is 0.270 e. The highest BCUT2D eigenvalue weighted by Crippen LogP contribution is 2.35. The van der Waals surface area contributed by atoms with Gasteiger partial charge in [0, 0.05) is 24.2 Å². The molecule has 1 aliphatic heterocycles. The summed E-state index contributed by atoms with van der Waals surface area (Å²) in [4.78, 5) is 4.76. The molecule has 0 saturated heterocycles. The van der Waals surface area contributed by atoms with E-state index in [1.54, 1.807) is 0 Å². The van der Waals surface area contributed by atoms with Gasteiger partial charge in [-0.1, -0.05) is 36.4 Å². The van der Waals surface area contributed by atoms with E-state index in [2.05, 4.69) is 10.3 Å². The molecule has 0 fully saturated rings. The molecule has 0 atom stereocenters. The Morgan fingerprint density at radius 3 is 2.52 bits per heavy atom. The first-order chi connectivity index (χ1) is 12.0. The summed E-state index contributed by atoms with van der Waals surface area (Å²) in [6.45, 7) is 4.38. The topological polar surface area (TPSA) is 64.0 Å². The summed E-state index contributed by atoms with van der Waals surface area (Å²) in [5.41, 5.74) is 4.72. The average molecular weight is 353 g/mol. The van der Waals surface area contributed by atoms with Crippen LogP contribution in [0.5, 0.6) is 0 Å². The first kappa shape index (κ1) is 15.9. The molecule has 1 N–H and O–H groups in total. The lowest BCUT2D eigenvalue weighted by molar-refractivity contribution is 0.586. The number of benzene rings is 2. The summed E-state index contributed by atoms with van der Waals surface area (Å²) in [5.74, 6) is 0. The molecule has 0 unspecified atom stereocenters. The van der Waals surface area contributed by atoms with E-state index in [9.17, 15) is 8.42 Å². The summed E-state index contributed by atoms with van der Waals surface area (Å²) in [6, 6.07) is 13.3. The standard InChI is InChI=1S/C19H19N3O2S/c1-13-6-5-7-14(2)19(13)25(23,24)22-12-21-17-10-11-20-16-9-4-3-8-15(16)18(17)22/h3-9,12,20H,10-11H2,1-2H3. The van der Waals surface area contributed by atoms with Crippen molar-refractivity contribution in [2.24, 2.45) is 0 Å². The molecule has 0 saturated carbocycles. The Morgan fingerprint density at radius 1 is 1.04 bits per heavy atom. The number of hydrogen-bond donors (Lipinski definition) is 1. The van der Waals surface area contributed by atoms with Crippen LogP contribution in [-0.4, -0.2) is 23.9 Å². The molecule has 0 amide bonds. The number of para-hydroxylation sites is 1. The van der Waals surface area contributed by atoms with Gasteiger partial charge >= 0.3 is 0 Å². The molecule has 4 rings (SSSR count). The van der Waals surface area contributed by atoms with Gasteiger partial charge in [0.25, 0.3) is 10.0 Å². The van der Waals surface area contributed by atoms with Gasteiger partial charge in [0.2, 0.25) is 0 Å². The first-order valence-electron chi connectivity index (χ1n) is 8.21. The van der Waals surface area contributed by atoms with Gasteiger partial charge in [-0.05, 0) is 31.0 Å². The Hall–Kier alpha value is -2.60. The van der Waals surface area contributed by atoms with Gasteiger partial charge in [-0.2, -0.15) is 0 Å². The first-order valence-corrected chi connectivity index (χ1v) is 9.65. The second-order valence-electron chi connectivity index (χ2n) is 6.28. The van der Waals surface area contributed by atoms with Crippen LogP contribution < -0.4 is 5.32 Å². The maximum absolute atomic E-state index is 13.4. The van der Waals surface area contributed by atoms with Crippen molar-refractivity contribution in [1.29, 1.82) is 0 Å². The fraction of sp³-hybridized carbons (Fsp3) is 0.211. The third-order valence-corrected chi connectivity index (χ3v) is 6.55. The Kier molecular flexibility index (Phi) is 3.65. The Labute approximate surface area is 147 Å². The van der Waals surface area contributed by atoms with Crippen molar-refractivity contribution in [2.45, 2.75) is 25.2 Å². The Balaban J connectivity index is 2.01. The molecular weight excluding hydrogens is 334 g/mol. The SMILES string of the molecule is Cc1cccc(C)c1S(=O)(=O)n1cnc2c1-c1ccccc1NCC2. The number of rotatable bonds is 2. The van der Waals surface area contributed by atoms with E-state index in [-0.39, 0.29) is 0 Å². The van der Waals surface area contributed by atoms with E-state index in [1.165, 1.54) is 10.3 Å². The van der Waals surface area contributed by atoms with Crippen LogP contribution in [0.4, 0.5) is 5.69 Å². The molecule has 0 radical (unpaired) electrons. The minimum absolute atomic E-state index is 0.352. The molecule has 0 aliphatic carbocycles. The number of aromatic nitrogens is 2. The van der Waals surface area contributed by atoms with E-state index in [4.69, 9.17) is 0 Å². The van der Waals surface area contributed by atoms with E-state index < -0.39 is 10.0 Å². The fourth-order valence-corrected chi connectivity index (χ4v) is 5.23. The number of nitrogens with zero attached hydrogens (tertiary/aromatic N) is 2. The molecular formula is C19H19N3O2S. The molecule has 0 bridgehead atoms. The minimum atomic E-state index is -3.73. The summed E-state index contributed by atoms with van der Waals surface area (Å²) < 4.78 is 28.2. The number of hydrogen-bond acceptors (Lipinski definition) is 4. The van der Waals surface area contributed by atoms with E-state index in [0.717, 1.165) is 34.6 Å². The van der Waals surface area contributed by atoms with Crippen molar-refractivity contribution in [3.8, 4) is 11.3 Å². The maximum Gasteiger partial charge on any atom is 0.270 e. The highest BCUT2D eigenvalue weighted by Gasteiger charge is 2.28. The predicted octanol–water partition coefficient (Wildman–Crippen LogP) is 3.37. The lowest BCUT2D eigenvalue weighted by Gasteiger charge is -2.15. The van der Waals surface area contributed by atoms with Gasteiger partial charge in [0.05, 0.1) is 16.3 Å². The highest BCUT2D eigenvalue weighted by atomic mass is 32.2. The Morgan fingerprint density at radius 2 is 1.76 bits per heavy atom. The van der Waals surface area contributed by atoms with Crippen LogP contribution in [0.3, 0.4) is 0 Å². The van der Waals surface area contributed by atoms with Crippen molar-refractivity contribution in [3.63, 3.8) is 0 Å². The van der Waals surface area contributed by atoms with Gasteiger partial charge in [-0.25, -0.2) is 17.4 Å². The summed E-state index contributed by atoms with van der Waals surface area (Å²) >= 11 is 0. The molecule has 25 heavy (non-hydrogen) atoms. The van der Waals surface area contributed by atoms with Crippen LogP contribution >= 0.6 is 0 Å². The Bertz CT molecular complexity index is 1050. The molecule has 128 valence electrons. The number of imidazole rings is 1. The lowest BCUT2D eigenvalue weighted by Crippen LogP contribution is -2.16. The molecule has 0 spiro atoms. The summed E-state index contributed by atoms with van der Waals surface area (Å²) in [7, 11) is -3.73. The molecule has 1 aromatic heterocycles. The van der Waals surface area contributed by atoms with Crippen LogP contribution in [0.15, 0.2) is 53.7 Å². The molecule has 3 aromatic rings. The van der Waals surface area contributed by atoms with Crippen molar-refractivity contribution >= 4 is 15.7 Å². The number of anilines is 1. The predicted molar refractivity (Wildman–Crippen MR) is 98.4 cm³/mol. The van der Waals surface area contributed by atoms with Crippen LogP contribution in [-0.2, 0) is 16.4 Å². The van der Waals surface area contributed by atoms with Crippen LogP contribution in [0.25, 0.3) is 11.3 Å². The summed E-state index contributed by atoms with van der Waals surface area (Å²) in [6.07, 6.45) is 2.12. The zero-order chi connectivity index (χ0) is 17.6.